The lowest BCUT2D eigenvalue weighted by atomic mass is 9.77. The molecular formula is C25H27N. The van der Waals surface area contributed by atoms with Crippen molar-refractivity contribution in [2.24, 2.45) is 0 Å². The molecule has 3 atom stereocenters. The van der Waals surface area contributed by atoms with Crippen molar-refractivity contribution in [3.05, 3.63) is 64.7 Å². The third-order valence-corrected chi connectivity index (χ3v) is 7.44. The van der Waals surface area contributed by atoms with E-state index in [2.05, 4.69) is 47.8 Å². The summed E-state index contributed by atoms with van der Waals surface area (Å²) in [6.07, 6.45) is 15.2. The maximum atomic E-state index is 3.89. The molecule has 3 unspecified atom stereocenters. The van der Waals surface area contributed by atoms with Gasteiger partial charge in [-0.1, -0.05) is 48.1 Å². The minimum atomic E-state index is 0.698. The Balaban J connectivity index is 1.50. The number of allylic oxidation sites excluding steroid dienone is 4. The molecule has 26 heavy (non-hydrogen) atoms. The van der Waals surface area contributed by atoms with Crippen molar-refractivity contribution in [1.29, 1.82) is 0 Å². The predicted molar refractivity (Wildman–Crippen MR) is 109 cm³/mol. The van der Waals surface area contributed by atoms with E-state index < -0.39 is 0 Å². The van der Waals surface area contributed by atoms with Crippen molar-refractivity contribution in [3.63, 3.8) is 0 Å². The number of piperidine rings is 1. The zero-order valence-electron chi connectivity index (χ0n) is 15.4. The van der Waals surface area contributed by atoms with Gasteiger partial charge < -0.3 is 5.32 Å². The topological polar surface area (TPSA) is 12.0 Å². The first-order chi connectivity index (χ1) is 12.9. The van der Waals surface area contributed by atoms with Crippen LogP contribution in [0.5, 0.6) is 0 Å². The molecule has 2 aromatic rings. The van der Waals surface area contributed by atoms with Crippen LogP contribution < -0.4 is 5.32 Å². The molecular weight excluding hydrogens is 314 g/mol. The fourth-order valence-electron chi connectivity index (χ4n) is 6.17. The molecule has 2 fully saturated rings. The third-order valence-electron chi connectivity index (χ3n) is 7.44. The van der Waals surface area contributed by atoms with E-state index in [4.69, 9.17) is 0 Å². The lowest BCUT2D eigenvalue weighted by molar-refractivity contribution is 0.360. The summed E-state index contributed by atoms with van der Waals surface area (Å²) in [5, 5.41) is 6.93. The Hall–Kier alpha value is -1.86. The van der Waals surface area contributed by atoms with Gasteiger partial charge in [-0.05, 0) is 90.3 Å². The monoisotopic (exact) mass is 341 g/mol. The van der Waals surface area contributed by atoms with Gasteiger partial charge in [0.2, 0.25) is 0 Å². The Labute approximate surface area is 156 Å². The Morgan fingerprint density at radius 3 is 2.81 bits per heavy atom. The highest BCUT2D eigenvalue weighted by atomic mass is 15.0. The standard InChI is InChI=1S/C25H27N/c1-2-5-18-16(4-1)8-11-22-19-6-3-7-20(23(19)14-13-21(18)22)24-12-9-17-10-15-25(24)26-17/h2-3,5-7,13-14,17,24-26H,1,4,8-12,15H2. The maximum absolute atomic E-state index is 3.89. The molecule has 0 saturated carbocycles. The summed E-state index contributed by atoms with van der Waals surface area (Å²) in [6, 6.07) is 13.5. The van der Waals surface area contributed by atoms with E-state index >= 15 is 0 Å². The van der Waals surface area contributed by atoms with Crippen LogP contribution in [0.15, 0.2) is 48.1 Å². The summed E-state index contributed by atoms with van der Waals surface area (Å²) in [5.41, 5.74) is 7.92. The van der Waals surface area contributed by atoms with E-state index in [-0.39, 0.29) is 0 Å². The SMILES string of the molecule is C1=CC2=C(CC1)CCc1c2ccc2c(C3CCC4CCC3N4)cccc12. The third kappa shape index (κ3) is 2.19. The van der Waals surface area contributed by atoms with Gasteiger partial charge in [-0.3, -0.25) is 0 Å². The minimum absolute atomic E-state index is 0.698. The fourth-order valence-corrected chi connectivity index (χ4v) is 6.17. The highest BCUT2D eigenvalue weighted by Crippen LogP contribution is 2.44. The van der Waals surface area contributed by atoms with E-state index in [1.807, 2.05) is 0 Å². The van der Waals surface area contributed by atoms with Crippen LogP contribution in [-0.2, 0) is 6.42 Å². The number of hydrogen-bond acceptors (Lipinski definition) is 1. The van der Waals surface area contributed by atoms with Crippen molar-refractivity contribution in [3.8, 4) is 0 Å². The first kappa shape index (κ1) is 15.2. The maximum Gasteiger partial charge on any atom is 0.0139 e. The second-order valence-corrected chi connectivity index (χ2v) is 8.72. The van der Waals surface area contributed by atoms with Crippen LogP contribution in [0.1, 0.15) is 67.6 Å². The molecule has 1 N–H and O–H groups in total. The van der Waals surface area contributed by atoms with Crippen LogP contribution in [-0.4, -0.2) is 12.1 Å². The van der Waals surface area contributed by atoms with Crippen LogP contribution in [0.3, 0.4) is 0 Å². The zero-order chi connectivity index (χ0) is 17.1. The molecule has 132 valence electrons. The molecule has 6 rings (SSSR count). The Morgan fingerprint density at radius 2 is 1.81 bits per heavy atom. The molecule has 2 aliphatic heterocycles. The highest BCUT2D eigenvalue weighted by Gasteiger charge is 2.36. The summed E-state index contributed by atoms with van der Waals surface area (Å²) < 4.78 is 0. The van der Waals surface area contributed by atoms with Gasteiger partial charge in [-0.15, -0.1) is 0 Å². The normalized spacial score (nSPS) is 29.8. The average molecular weight is 341 g/mol. The molecule has 2 heterocycles. The molecule has 2 saturated heterocycles. The zero-order valence-corrected chi connectivity index (χ0v) is 15.4. The lowest BCUT2D eigenvalue weighted by Gasteiger charge is -2.32. The van der Waals surface area contributed by atoms with Crippen molar-refractivity contribution < 1.29 is 0 Å². The second kappa shape index (κ2) is 5.82. The van der Waals surface area contributed by atoms with Crippen LogP contribution in [0.25, 0.3) is 16.3 Å². The molecule has 1 nitrogen and oxygen atoms in total. The Kier molecular flexibility index (Phi) is 3.41. The van der Waals surface area contributed by atoms with Gasteiger partial charge in [0.25, 0.3) is 0 Å². The van der Waals surface area contributed by atoms with Gasteiger partial charge in [0.15, 0.2) is 0 Å². The van der Waals surface area contributed by atoms with Crippen LogP contribution in [0, 0.1) is 0 Å². The van der Waals surface area contributed by atoms with Gasteiger partial charge in [0, 0.05) is 12.1 Å². The molecule has 0 radical (unpaired) electrons. The van der Waals surface area contributed by atoms with Gasteiger partial charge in [0.1, 0.15) is 0 Å². The smallest absolute Gasteiger partial charge is 0.0139 e. The average Bonchev–Trinajstić information content (AvgIpc) is 3.08. The fraction of sp³-hybridized carbons (Fsp3) is 0.440. The molecule has 2 bridgehead atoms. The van der Waals surface area contributed by atoms with Gasteiger partial charge in [0.05, 0.1) is 0 Å². The van der Waals surface area contributed by atoms with E-state index in [0.717, 1.165) is 6.04 Å². The van der Waals surface area contributed by atoms with Crippen molar-refractivity contribution in [2.45, 2.75) is 69.4 Å². The molecule has 4 aliphatic rings. The Morgan fingerprint density at radius 1 is 0.846 bits per heavy atom. The largest absolute Gasteiger partial charge is 0.311 e. The van der Waals surface area contributed by atoms with E-state index in [0.29, 0.717) is 12.0 Å². The molecule has 2 aromatic carbocycles. The van der Waals surface area contributed by atoms with Crippen molar-refractivity contribution >= 4 is 16.3 Å². The van der Waals surface area contributed by atoms with Crippen LogP contribution in [0.4, 0.5) is 0 Å². The molecule has 1 heteroatoms. The van der Waals surface area contributed by atoms with Crippen molar-refractivity contribution in [2.75, 3.05) is 0 Å². The number of hydrogen-bond donors (Lipinski definition) is 1. The first-order valence-electron chi connectivity index (χ1n) is 10.6. The molecule has 0 aromatic heterocycles. The minimum Gasteiger partial charge on any atom is -0.311 e. The summed E-state index contributed by atoms with van der Waals surface area (Å²) in [6.45, 7) is 0. The summed E-state index contributed by atoms with van der Waals surface area (Å²) in [7, 11) is 0. The van der Waals surface area contributed by atoms with Crippen LogP contribution in [0.2, 0.25) is 0 Å². The first-order valence-corrected chi connectivity index (χ1v) is 10.6. The number of nitrogens with one attached hydrogen (secondary N) is 1. The summed E-state index contributed by atoms with van der Waals surface area (Å²) in [5.74, 6) is 0.698. The van der Waals surface area contributed by atoms with E-state index in [1.54, 1.807) is 16.7 Å². The lowest BCUT2D eigenvalue weighted by Crippen LogP contribution is -2.39. The summed E-state index contributed by atoms with van der Waals surface area (Å²) >= 11 is 0. The van der Waals surface area contributed by atoms with Crippen LogP contribution >= 0.6 is 0 Å². The van der Waals surface area contributed by atoms with Gasteiger partial charge in [-0.2, -0.15) is 0 Å². The molecule has 0 amide bonds. The summed E-state index contributed by atoms with van der Waals surface area (Å²) in [4.78, 5) is 0. The quantitative estimate of drug-likeness (QED) is 0.682. The number of rotatable bonds is 1. The number of aryl methyl sites for hydroxylation is 1. The van der Waals surface area contributed by atoms with E-state index in [9.17, 15) is 0 Å². The second-order valence-electron chi connectivity index (χ2n) is 8.72. The van der Waals surface area contributed by atoms with E-state index in [1.165, 1.54) is 73.3 Å². The van der Waals surface area contributed by atoms with Gasteiger partial charge >= 0.3 is 0 Å². The highest BCUT2D eigenvalue weighted by molar-refractivity contribution is 5.95. The molecule has 2 aliphatic carbocycles. The molecule has 0 spiro atoms. The van der Waals surface area contributed by atoms with Crippen molar-refractivity contribution in [1.82, 2.24) is 5.32 Å². The van der Waals surface area contributed by atoms with Gasteiger partial charge in [-0.25, -0.2) is 0 Å². The Bertz CT molecular complexity index is 948. The predicted octanol–water partition coefficient (Wildman–Crippen LogP) is 5.89. The number of fused-ring (bicyclic) bond motifs is 6. The number of benzene rings is 2.